The molecule has 1 amide bonds. The summed E-state index contributed by atoms with van der Waals surface area (Å²) in [6.07, 6.45) is 3.60. The van der Waals surface area contributed by atoms with Crippen LogP contribution >= 0.6 is 0 Å². The average Bonchev–Trinajstić information content (AvgIpc) is 2.54. The fourth-order valence-electron chi connectivity index (χ4n) is 1.86. The third-order valence-electron chi connectivity index (χ3n) is 3.10. The van der Waals surface area contributed by atoms with E-state index in [4.69, 9.17) is 0 Å². The van der Waals surface area contributed by atoms with Crippen molar-refractivity contribution in [3.05, 3.63) is 53.6 Å². The molecule has 0 unspecified atom stereocenters. The minimum atomic E-state index is -0.357. The monoisotopic (exact) mass is 302 g/mol. The molecule has 1 heterocycles. The van der Waals surface area contributed by atoms with Crippen LogP contribution in [0.2, 0.25) is 0 Å². The van der Waals surface area contributed by atoms with Crippen molar-refractivity contribution in [3.8, 4) is 0 Å². The number of carbonyl (C=O) groups is 1. The van der Waals surface area contributed by atoms with Crippen molar-refractivity contribution in [2.24, 2.45) is 0 Å². The van der Waals surface area contributed by atoms with Gasteiger partial charge in [-0.15, -0.1) is 0 Å². The summed E-state index contributed by atoms with van der Waals surface area (Å²) < 4.78 is 13.5. The lowest BCUT2D eigenvalue weighted by Crippen LogP contribution is -2.24. The Balaban J connectivity index is 1.95. The minimum Gasteiger partial charge on any atom is -0.354 e. The van der Waals surface area contributed by atoms with Crippen LogP contribution in [0.3, 0.4) is 0 Å². The van der Waals surface area contributed by atoms with Gasteiger partial charge in [-0.3, -0.25) is 4.79 Å². The van der Waals surface area contributed by atoms with Gasteiger partial charge in [0, 0.05) is 24.8 Å². The van der Waals surface area contributed by atoms with Crippen molar-refractivity contribution < 1.29 is 9.18 Å². The van der Waals surface area contributed by atoms with E-state index >= 15 is 0 Å². The molecule has 0 saturated carbocycles. The first kappa shape index (κ1) is 15.9. The number of hydrogen-bond donors (Lipinski definition) is 2. The van der Waals surface area contributed by atoms with Crippen molar-refractivity contribution in [2.45, 2.75) is 26.3 Å². The minimum absolute atomic E-state index is 0.119. The van der Waals surface area contributed by atoms with Crippen LogP contribution in [-0.4, -0.2) is 22.4 Å². The van der Waals surface area contributed by atoms with Crippen molar-refractivity contribution >= 4 is 11.9 Å². The average molecular weight is 302 g/mol. The lowest BCUT2D eigenvalue weighted by Gasteiger charge is -2.07. The van der Waals surface area contributed by atoms with Gasteiger partial charge in [-0.05, 0) is 18.6 Å². The summed E-state index contributed by atoms with van der Waals surface area (Å²) in [5.74, 6) is -0.274. The number of rotatable bonds is 7. The number of nitrogens with zero attached hydrogens (tertiary/aromatic N) is 2. The second-order valence-electron chi connectivity index (χ2n) is 4.82. The topological polar surface area (TPSA) is 66.9 Å². The number of anilines is 1. The van der Waals surface area contributed by atoms with Crippen molar-refractivity contribution in [2.75, 3.05) is 11.9 Å². The van der Waals surface area contributed by atoms with Crippen LogP contribution in [0.25, 0.3) is 0 Å². The molecule has 1 aromatic heterocycles. The molecule has 0 aliphatic rings. The summed E-state index contributed by atoms with van der Waals surface area (Å²) in [6, 6.07) is 7.86. The van der Waals surface area contributed by atoms with Gasteiger partial charge >= 0.3 is 0 Å². The van der Waals surface area contributed by atoms with Crippen LogP contribution in [0.15, 0.2) is 36.5 Å². The molecule has 22 heavy (non-hydrogen) atoms. The molecule has 0 radical (unpaired) electrons. The van der Waals surface area contributed by atoms with E-state index in [1.165, 1.54) is 18.3 Å². The van der Waals surface area contributed by atoms with E-state index in [1.807, 2.05) is 0 Å². The molecule has 0 atom stereocenters. The summed E-state index contributed by atoms with van der Waals surface area (Å²) in [4.78, 5) is 20.3. The van der Waals surface area contributed by atoms with E-state index in [1.54, 1.807) is 18.2 Å². The van der Waals surface area contributed by atoms with Crippen LogP contribution < -0.4 is 10.6 Å². The highest BCUT2D eigenvalue weighted by Crippen LogP contribution is 2.06. The Kier molecular flexibility index (Phi) is 5.82. The van der Waals surface area contributed by atoms with Gasteiger partial charge in [0.05, 0.1) is 0 Å². The number of nitrogens with one attached hydrogen (secondary N) is 2. The van der Waals surface area contributed by atoms with E-state index in [9.17, 15) is 9.18 Å². The molecule has 2 rings (SSSR count). The predicted molar refractivity (Wildman–Crippen MR) is 83.0 cm³/mol. The summed E-state index contributed by atoms with van der Waals surface area (Å²) in [5.41, 5.74) is 0.691. The highest BCUT2D eigenvalue weighted by molar-refractivity contribution is 5.92. The van der Waals surface area contributed by atoms with Gasteiger partial charge in [-0.25, -0.2) is 14.4 Å². The van der Waals surface area contributed by atoms with Crippen LogP contribution in [0, 0.1) is 5.82 Å². The third-order valence-corrected chi connectivity index (χ3v) is 3.10. The smallest absolute Gasteiger partial charge is 0.270 e. The van der Waals surface area contributed by atoms with Gasteiger partial charge in [0.1, 0.15) is 11.5 Å². The largest absolute Gasteiger partial charge is 0.354 e. The fourth-order valence-corrected chi connectivity index (χ4v) is 1.86. The highest BCUT2D eigenvalue weighted by Gasteiger charge is 2.09. The van der Waals surface area contributed by atoms with E-state index in [-0.39, 0.29) is 24.0 Å². The van der Waals surface area contributed by atoms with E-state index < -0.39 is 0 Å². The maximum absolute atomic E-state index is 13.5. The van der Waals surface area contributed by atoms with Gasteiger partial charge in [0.25, 0.3) is 5.91 Å². The first-order valence-corrected chi connectivity index (χ1v) is 7.29. The van der Waals surface area contributed by atoms with Crippen LogP contribution in [0.4, 0.5) is 10.3 Å². The van der Waals surface area contributed by atoms with E-state index in [0.29, 0.717) is 11.5 Å². The van der Waals surface area contributed by atoms with Gasteiger partial charge in [0.15, 0.2) is 0 Å². The van der Waals surface area contributed by atoms with Gasteiger partial charge in [-0.1, -0.05) is 31.5 Å². The Hall–Kier alpha value is -2.50. The second-order valence-corrected chi connectivity index (χ2v) is 4.82. The molecule has 2 N–H and O–H groups in total. The Bertz CT molecular complexity index is 633. The Morgan fingerprint density at radius 3 is 2.86 bits per heavy atom. The Morgan fingerprint density at radius 1 is 1.27 bits per heavy atom. The predicted octanol–water partition coefficient (Wildman–Crippen LogP) is 2.76. The quantitative estimate of drug-likeness (QED) is 0.772. The maximum atomic E-state index is 13.5. The van der Waals surface area contributed by atoms with E-state index in [0.717, 1.165) is 19.4 Å². The number of hydrogen-bond acceptors (Lipinski definition) is 4. The number of unbranched alkanes of at least 4 members (excludes halogenated alkanes) is 1. The standard InChI is InChI=1S/C16H19FN4O/c1-2-3-9-18-16-19-10-8-14(21-16)15(22)20-11-12-6-4-5-7-13(12)17/h4-8,10H,2-3,9,11H2,1H3,(H,20,22)(H,18,19,21). The molecule has 116 valence electrons. The Morgan fingerprint density at radius 2 is 2.09 bits per heavy atom. The molecule has 0 saturated heterocycles. The lowest BCUT2D eigenvalue weighted by molar-refractivity contribution is 0.0945. The molecule has 0 bridgehead atoms. The molecule has 1 aromatic carbocycles. The first-order chi connectivity index (χ1) is 10.7. The van der Waals surface area contributed by atoms with Crippen LogP contribution in [0.1, 0.15) is 35.8 Å². The zero-order valence-electron chi connectivity index (χ0n) is 12.5. The highest BCUT2D eigenvalue weighted by atomic mass is 19.1. The van der Waals surface area contributed by atoms with Crippen molar-refractivity contribution in [1.82, 2.24) is 15.3 Å². The summed E-state index contributed by atoms with van der Waals surface area (Å²) >= 11 is 0. The van der Waals surface area contributed by atoms with Crippen molar-refractivity contribution in [3.63, 3.8) is 0 Å². The maximum Gasteiger partial charge on any atom is 0.270 e. The SMILES string of the molecule is CCCCNc1nccc(C(=O)NCc2ccccc2F)n1. The molecular weight excluding hydrogens is 283 g/mol. The number of carbonyl (C=O) groups excluding carboxylic acids is 1. The molecule has 2 aromatic rings. The summed E-state index contributed by atoms with van der Waals surface area (Å²) in [7, 11) is 0. The van der Waals surface area contributed by atoms with Gasteiger partial charge in [-0.2, -0.15) is 0 Å². The second kappa shape index (κ2) is 8.07. The summed E-state index contributed by atoms with van der Waals surface area (Å²) in [6.45, 7) is 2.97. The third kappa shape index (κ3) is 4.51. The first-order valence-electron chi connectivity index (χ1n) is 7.29. The molecule has 0 aliphatic heterocycles. The number of halogens is 1. The molecule has 6 heteroatoms. The fraction of sp³-hybridized carbons (Fsp3) is 0.312. The number of aromatic nitrogens is 2. The molecular formula is C16H19FN4O. The molecule has 0 spiro atoms. The molecule has 0 fully saturated rings. The zero-order valence-corrected chi connectivity index (χ0v) is 12.5. The van der Waals surface area contributed by atoms with Gasteiger partial charge in [0.2, 0.25) is 5.95 Å². The number of amides is 1. The van der Waals surface area contributed by atoms with E-state index in [2.05, 4.69) is 27.5 Å². The zero-order chi connectivity index (χ0) is 15.8. The van der Waals surface area contributed by atoms with Gasteiger partial charge < -0.3 is 10.6 Å². The molecule has 0 aliphatic carbocycles. The normalized spacial score (nSPS) is 10.3. The van der Waals surface area contributed by atoms with Crippen LogP contribution in [0.5, 0.6) is 0 Å². The molecule has 5 nitrogen and oxygen atoms in total. The van der Waals surface area contributed by atoms with Crippen molar-refractivity contribution in [1.29, 1.82) is 0 Å². The number of benzene rings is 1. The lowest BCUT2D eigenvalue weighted by atomic mass is 10.2. The Labute approximate surface area is 129 Å². The summed E-state index contributed by atoms with van der Waals surface area (Å²) in [5, 5.41) is 5.72. The van der Waals surface area contributed by atoms with Crippen LogP contribution in [-0.2, 0) is 6.54 Å².